The summed E-state index contributed by atoms with van der Waals surface area (Å²) in [6.07, 6.45) is 5.49. The average Bonchev–Trinajstić information content (AvgIpc) is 0.834. The molecule has 5 nitrogen and oxygen atoms in total. The van der Waals surface area contributed by atoms with Gasteiger partial charge in [-0.1, -0.05) is 259 Å². The number of pyridine rings is 1. The third-order valence-corrected chi connectivity index (χ3v) is 20.1. The Morgan fingerprint density at radius 3 is 1.77 bits per heavy atom. The average molecular weight is 1340 g/mol. The summed E-state index contributed by atoms with van der Waals surface area (Å²) < 4.78 is 195. The summed E-state index contributed by atoms with van der Waals surface area (Å²) >= 11 is 0. The van der Waals surface area contributed by atoms with Crippen LogP contribution in [-0.4, -0.2) is 22.2 Å². The molecule has 0 unspecified atom stereocenters. The van der Waals surface area contributed by atoms with E-state index >= 15 is 0 Å². The molecule has 0 radical (unpaired) electrons. The van der Waals surface area contributed by atoms with Crippen LogP contribution >= 0.6 is 0 Å². The molecule has 424 valence electrons. The number of para-hydroxylation sites is 3. The number of ether oxygens (including phenoxy) is 1. The van der Waals surface area contributed by atoms with E-state index in [2.05, 4.69) is 88.8 Å². The summed E-state index contributed by atoms with van der Waals surface area (Å²) in [5, 5.41) is -1.80. The fourth-order valence-electron chi connectivity index (χ4n) is 12.0. The molecule has 1 aliphatic rings. The standard InChI is InChI=1S/C80H62N4OSi.Pt/c1-79(2,3)55-42-44-67-65-34-16-17-35-66(65)70-39-23-41-74-78(70)83(53-82(74)57-25-21-26-58(51-57)85-59-43-45-69-68-36-18-19-40-73(68)84(75(69)52-59)76-50-56(46-47-81-76)80(4,5)6)77-64(37-22-38-71(77)72(67)49-55)54-24-20-33-63(48-54)86(60-27-10-7-11-28-60,61-29-12-8-13-30-61)62-31-14-9-15-32-62;/h7-50H,1-6H3;/q-2;/i7D,8D,9D,10D,11D,12D,13D,14D,15D,20D,24D,27D,28D,29D,30D,31D,32D,33D,48D;. The van der Waals surface area contributed by atoms with Crippen LogP contribution in [0.1, 0.15) is 78.7 Å². The quantitative estimate of drug-likeness (QED) is 0.0625. The number of nitrogens with zero attached hydrogens (tertiary/aromatic N) is 4. The van der Waals surface area contributed by atoms with E-state index in [1.807, 2.05) is 109 Å². The predicted molar refractivity (Wildman–Crippen MR) is 356 cm³/mol. The fourth-order valence-corrected chi connectivity index (χ4v) is 15.6. The van der Waals surface area contributed by atoms with E-state index in [1.54, 1.807) is 27.3 Å². The maximum Gasteiger partial charge on any atom is 0.268 e. The van der Waals surface area contributed by atoms with Gasteiger partial charge in [-0.3, -0.25) is 4.57 Å². The Morgan fingerprint density at radius 2 is 1.06 bits per heavy atom. The van der Waals surface area contributed by atoms with Gasteiger partial charge in [0.1, 0.15) is 5.82 Å². The molecule has 4 heterocycles. The first-order valence-electron chi connectivity index (χ1n) is 37.6. The van der Waals surface area contributed by atoms with Crippen molar-refractivity contribution in [3.05, 3.63) is 296 Å². The van der Waals surface area contributed by atoms with Crippen molar-refractivity contribution in [2.75, 3.05) is 0 Å². The van der Waals surface area contributed by atoms with Crippen molar-refractivity contribution in [2.45, 2.75) is 52.4 Å². The van der Waals surface area contributed by atoms with E-state index in [1.165, 1.54) is 0 Å². The molecule has 0 bridgehead atoms. The molecule has 87 heavy (non-hydrogen) atoms. The minimum Gasteiger partial charge on any atom is -0.510 e. The second-order valence-corrected chi connectivity index (χ2v) is 26.8. The van der Waals surface area contributed by atoms with Gasteiger partial charge in [-0.15, -0.1) is 29.7 Å². The van der Waals surface area contributed by atoms with Gasteiger partial charge < -0.3 is 13.9 Å². The normalized spacial score (nSPS) is 15.2. The number of hydrogen-bond donors (Lipinski definition) is 0. The minimum atomic E-state index is -6.27. The SMILES string of the molecule is [2H]c1c([2H])c([2H])c([Si](c2c([2H])c([2H])c([2H])c([2H])c2[2H])(c2c([2H])c([2H])c([2H])c([2H])c2[2H])c2c([2H])c([2H])c([2H])c(-c3cccc4c3-[n+]3[c-]n(-c5[c-]c(Oc6[c-]c7c(cc6)c6ccccc6n7-c6cc(C(C)(C)C)ccn6)ccc5)c5cccc(c53)-c3ccccc3-c3ccc(C(C)(C)C)cc3-4)c2[2H])c([2H])c1[2H].[Pt]. The van der Waals surface area contributed by atoms with Crippen LogP contribution < -0.4 is 30.1 Å². The van der Waals surface area contributed by atoms with Crippen molar-refractivity contribution in [2.24, 2.45) is 0 Å². The first kappa shape index (κ1) is 37.9. The van der Waals surface area contributed by atoms with Crippen molar-refractivity contribution < 1.29 is 56.4 Å². The first-order valence-corrected chi connectivity index (χ1v) is 30.1. The van der Waals surface area contributed by atoms with Crippen LogP contribution in [0, 0.1) is 18.5 Å². The zero-order chi connectivity index (χ0) is 74.8. The third-order valence-electron chi connectivity index (χ3n) is 16.1. The molecule has 3 aromatic heterocycles. The van der Waals surface area contributed by atoms with Crippen LogP contribution in [-0.2, 0) is 31.9 Å². The number of imidazole rings is 1. The maximum absolute atomic E-state index is 11.1. The Kier molecular flexibility index (Phi) is 9.49. The summed E-state index contributed by atoms with van der Waals surface area (Å²) in [5.41, 5.74) is 8.41. The van der Waals surface area contributed by atoms with Gasteiger partial charge >= 0.3 is 0 Å². The predicted octanol–water partition coefficient (Wildman–Crippen LogP) is 16.5. The number of aromatic nitrogens is 4. The Bertz CT molecular complexity index is 5890. The second-order valence-electron chi connectivity index (χ2n) is 23.3. The molecule has 0 aliphatic carbocycles. The van der Waals surface area contributed by atoms with Gasteiger partial charge in [0.25, 0.3) is 6.33 Å². The van der Waals surface area contributed by atoms with Crippen LogP contribution in [0.4, 0.5) is 0 Å². The second kappa shape index (κ2) is 21.8. The zero-order valence-electron chi connectivity index (χ0n) is 66.9. The summed E-state index contributed by atoms with van der Waals surface area (Å²) in [4.78, 5) is 4.86. The van der Waals surface area contributed by atoms with E-state index in [0.29, 0.717) is 50.7 Å². The Morgan fingerprint density at radius 1 is 0.483 bits per heavy atom. The molecule has 0 fully saturated rings. The van der Waals surface area contributed by atoms with Gasteiger partial charge in [0, 0.05) is 44.3 Å². The van der Waals surface area contributed by atoms with E-state index in [4.69, 9.17) is 13.8 Å². The first-order chi connectivity index (χ1) is 49.8. The monoisotopic (exact) mass is 1340 g/mol. The van der Waals surface area contributed by atoms with Crippen molar-refractivity contribution in [1.29, 1.82) is 0 Å². The van der Waals surface area contributed by atoms with Crippen molar-refractivity contribution in [1.82, 2.24) is 14.1 Å². The van der Waals surface area contributed by atoms with Crippen LogP contribution in [0.25, 0.3) is 94.5 Å². The molecule has 0 saturated carbocycles. The maximum atomic E-state index is 11.1. The van der Waals surface area contributed by atoms with E-state index in [9.17, 15) is 21.9 Å². The van der Waals surface area contributed by atoms with Crippen LogP contribution in [0.2, 0.25) is 0 Å². The Balaban J connectivity index is 0.00000944. The van der Waals surface area contributed by atoms with Crippen LogP contribution in [0.5, 0.6) is 11.5 Å². The molecule has 15 rings (SSSR count). The van der Waals surface area contributed by atoms with Crippen molar-refractivity contribution in [3.8, 4) is 73.2 Å². The molecular weight excluding hydrogens is 1260 g/mol. The van der Waals surface area contributed by atoms with Crippen LogP contribution in [0.3, 0.4) is 0 Å². The van der Waals surface area contributed by atoms with Gasteiger partial charge in [-0.25, -0.2) is 4.98 Å². The van der Waals surface area contributed by atoms with Crippen molar-refractivity contribution in [3.63, 3.8) is 0 Å². The molecule has 0 spiro atoms. The third kappa shape index (κ3) is 9.42. The molecule has 11 aromatic carbocycles. The van der Waals surface area contributed by atoms with Gasteiger partial charge in [0.05, 0.1) is 42.8 Å². The topological polar surface area (TPSA) is 35.9 Å². The smallest absolute Gasteiger partial charge is 0.268 e. The summed E-state index contributed by atoms with van der Waals surface area (Å²) in [7, 11) is -6.27. The number of benzene rings is 11. The van der Waals surface area contributed by atoms with Gasteiger partial charge in [0.2, 0.25) is 0 Å². The van der Waals surface area contributed by atoms with Gasteiger partial charge in [-0.05, 0) is 116 Å². The van der Waals surface area contributed by atoms with Crippen LogP contribution in [0.15, 0.2) is 267 Å². The fraction of sp³-hybridized carbons (Fsp3) is 0.100. The van der Waals surface area contributed by atoms with Gasteiger partial charge in [0.15, 0.2) is 8.07 Å². The summed E-state index contributed by atoms with van der Waals surface area (Å²) in [6, 6.07) is 33.7. The molecule has 1 aliphatic heterocycles. The molecule has 0 saturated heterocycles. The molecule has 0 amide bonds. The molecule has 7 heteroatoms. The Hall–Kier alpha value is -9.45. The van der Waals surface area contributed by atoms with Crippen molar-refractivity contribution >= 4 is 61.7 Å². The molecule has 0 atom stereocenters. The molecule has 14 aromatic rings. The van der Waals surface area contributed by atoms with E-state index in [-0.39, 0.29) is 37.7 Å². The Labute approximate surface area is 551 Å². The number of fused-ring (bicyclic) bond motifs is 10. The zero-order valence-corrected chi connectivity index (χ0v) is 51.2. The van der Waals surface area contributed by atoms with E-state index < -0.39 is 155 Å². The minimum absolute atomic E-state index is 0. The van der Waals surface area contributed by atoms with E-state index in [0.717, 1.165) is 49.6 Å². The largest absolute Gasteiger partial charge is 0.510 e. The van der Waals surface area contributed by atoms with Gasteiger partial charge in [-0.2, -0.15) is 18.2 Å². The summed E-state index contributed by atoms with van der Waals surface area (Å²) in [6.45, 7) is 12.7. The molecular formula is C80H62N4OPtSi-2. The number of hydrogen-bond acceptors (Lipinski definition) is 2. The summed E-state index contributed by atoms with van der Waals surface area (Å²) in [5.74, 6) is 1.37. The molecule has 0 N–H and O–H groups in total. The number of rotatable bonds is 9.